The molecule has 0 bridgehead atoms. The average Bonchev–Trinajstić information content (AvgIpc) is 3.39. The second-order valence-electron chi connectivity index (χ2n) is 8.35. The van der Waals surface area contributed by atoms with Gasteiger partial charge in [-0.15, -0.1) is 0 Å². The quantitative estimate of drug-likeness (QED) is 0.681. The molecule has 5 rings (SSSR count). The van der Waals surface area contributed by atoms with Crippen molar-refractivity contribution in [2.24, 2.45) is 5.73 Å². The van der Waals surface area contributed by atoms with Crippen molar-refractivity contribution < 1.29 is 18.8 Å². The number of ether oxygens (including phenoxy) is 1. The summed E-state index contributed by atoms with van der Waals surface area (Å²) in [7, 11) is 0. The highest BCUT2D eigenvalue weighted by Gasteiger charge is 2.31. The summed E-state index contributed by atoms with van der Waals surface area (Å²) in [6, 6.07) is 7.75. The van der Waals surface area contributed by atoms with Crippen molar-refractivity contribution in [2.45, 2.75) is 51.2 Å². The fourth-order valence-corrected chi connectivity index (χ4v) is 4.66. The van der Waals surface area contributed by atoms with E-state index < -0.39 is 0 Å². The largest absolute Gasteiger partial charge is 0.490 e. The SMILES string of the molecule is NC(=O)Cn1ccc2c(OC3CCN(C(=O)c4onc5c4CCCC5)CC3)cccc21. The van der Waals surface area contributed by atoms with Crippen LogP contribution >= 0.6 is 0 Å². The van der Waals surface area contributed by atoms with Crippen LogP contribution in [0.15, 0.2) is 35.0 Å². The van der Waals surface area contributed by atoms with Crippen molar-refractivity contribution in [1.82, 2.24) is 14.6 Å². The van der Waals surface area contributed by atoms with Crippen LogP contribution in [0.5, 0.6) is 5.75 Å². The third-order valence-corrected chi connectivity index (χ3v) is 6.28. The van der Waals surface area contributed by atoms with Crippen molar-refractivity contribution in [3.8, 4) is 5.75 Å². The second-order valence-corrected chi connectivity index (χ2v) is 8.35. The van der Waals surface area contributed by atoms with Gasteiger partial charge in [-0.1, -0.05) is 11.2 Å². The summed E-state index contributed by atoms with van der Waals surface area (Å²) in [5.74, 6) is 0.776. The van der Waals surface area contributed by atoms with Gasteiger partial charge in [0.2, 0.25) is 11.7 Å². The van der Waals surface area contributed by atoms with Gasteiger partial charge in [-0.2, -0.15) is 0 Å². The van der Waals surface area contributed by atoms with Crippen LogP contribution in [0, 0.1) is 0 Å². The minimum Gasteiger partial charge on any atom is -0.490 e. The van der Waals surface area contributed by atoms with Crippen LogP contribution in [-0.2, 0) is 24.2 Å². The molecule has 1 saturated heterocycles. The summed E-state index contributed by atoms with van der Waals surface area (Å²) in [6.07, 6.45) is 7.33. The standard InChI is InChI=1S/C23H26N4O4/c24-21(28)14-27-13-10-17-19(27)6-3-7-20(17)30-15-8-11-26(12-9-15)23(29)22-16-4-1-2-5-18(16)25-31-22/h3,6-7,10,13,15H,1-2,4-5,8-9,11-12,14H2,(H2,24,28). The van der Waals surface area contributed by atoms with Gasteiger partial charge in [-0.05, 0) is 43.9 Å². The van der Waals surface area contributed by atoms with Crippen molar-refractivity contribution in [1.29, 1.82) is 0 Å². The number of hydrogen-bond donors (Lipinski definition) is 1. The Morgan fingerprint density at radius 3 is 2.77 bits per heavy atom. The number of amides is 2. The lowest BCUT2D eigenvalue weighted by atomic mass is 9.95. The molecule has 1 aliphatic heterocycles. The Bertz CT molecular complexity index is 1120. The number of carbonyl (C=O) groups excluding carboxylic acids is 2. The highest BCUT2D eigenvalue weighted by Crippen LogP contribution is 2.30. The fraction of sp³-hybridized carbons (Fsp3) is 0.435. The van der Waals surface area contributed by atoms with E-state index in [4.69, 9.17) is 15.0 Å². The number of benzene rings is 1. The minimum absolute atomic E-state index is 0.0257. The third kappa shape index (κ3) is 3.78. The lowest BCUT2D eigenvalue weighted by Gasteiger charge is -2.32. The first-order valence-electron chi connectivity index (χ1n) is 10.9. The van der Waals surface area contributed by atoms with Gasteiger partial charge in [-0.25, -0.2) is 0 Å². The molecule has 31 heavy (non-hydrogen) atoms. The van der Waals surface area contributed by atoms with Gasteiger partial charge >= 0.3 is 0 Å². The number of carbonyl (C=O) groups is 2. The second kappa shape index (κ2) is 8.09. The molecule has 2 amide bonds. The van der Waals surface area contributed by atoms with E-state index in [0.717, 1.165) is 66.4 Å². The molecule has 0 unspecified atom stereocenters. The monoisotopic (exact) mass is 422 g/mol. The van der Waals surface area contributed by atoms with Gasteiger partial charge in [0.15, 0.2) is 0 Å². The molecule has 1 aromatic carbocycles. The van der Waals surface area contributed by atoms with E-state index in [-0.39, 0.29) is 24.5 Å². The summed E-state index contributed by atoms with van der Waals surface area (Å²) < 4.78 is 13.5. The normalized spacial score (nSPS) is 17.0. The smallest absolute Gasteiger partial charge is 0.292 e. The number of likely N-dealkylation sites (tertiary alicyclic amines) is 1. The van der Waals surface area contributed by atoms with Crippen LogP contribution in [0.1, 0.15) is 47.5 Å². The van der Waals surface area contributed by atoms with E-state index in [0.29, 0.717) is 18.8 Å². The van der Waals surface area contributed by atoms with E-state index in [1.54, 1.807) is 0 Å². The molecule has 1 aliphatic carbocycles. The van der Waals surface area contributed by atoms with Gasteiger partial charge in [0.1, 0.15) is 18.4 Å². The minimum atomic E-state index is -0.381. The van der Waals surface area contributed by atoms with E-state index in [1.807, 2.05) is 39.9 Å². The lowest BCUT2D eigenvalue weighted by Crippen LogP contribution is -2.42. The summed E-state index contributed by atoms with van der Waals surface area (Å²) in [4.78, 5) is 26.1. The summed E-state index contributed by atoms with van der Waals surface area (Å²) in [5, 5.41) is 5.07. The first-order valence-corrected chi connectivity index (χ1v) is 10.9. The molecule has 2 aliphatic rings. The molecule has 162 valence electrons. The fourth-order valence-electron chi connectivity index (χ4n) is 4.66. The number of hydrogen-bond acceptors (Lipinski definition) is 5. The van der Waals surface area contributed by atoms with E-state index in [2.05, 4.69) is 5.16 Å². The Hall–Kier alpha value is -3.29. The lowest BCUT2D eigenvalue weighted by molar-refractivity contribution is -0.118. The van der Waals surface area contributed by atoms with Crippen LogP contribution in [-0.4, -0.2) is 45.6 Å². The zero-order valence-corrected chi connectivity index (χ0v) is 17.4. The van der Waals surface area contributed by atoms with E-state index >= 15 is 0 Å². The first kappa shape index (κ1) is 19.7. The summed E-state index contributed by atoms with van der Waals surface area (Å²) >= 11 is 0. The number of aromatic nitrogens is 2. The van der Waals surface area contributed by atoms with Crippen LogP contribution in [0.2, 0.25) is 0 Å². The molecule has 1 fully saturated rings. The maximum atomic E-state index is 13.0. The van der Waals surface area contributed by atoms with E-state index in [1.165, 1.54) is 0 Å². The average molecular weight is 422 g/mol. The number of nitrogens with two attached hydrogens (primary N) is 1. The van der Waals surface area contributed by atoms with Crippen LogP contribution in [0.4, 0.5) is 0 Å². The Kier molecular flexibility index (Phi) is 5.13. The molecule has 0 spiro atoms. The van der Waals surface area contributed by atoms with Gasteiger partial charge in [0.25, 0.3) is 5.91 Å². The molecule has 2 aromatic heterocycles. The van der Waals surface area contributed by atoms with E-state index in [9.17, 15) is 9.59 Å². The zero-order chi connectivity index (χ0) is 21.4. The van der Waals surface area contributed by atoms with Gasteiger partial charge in [0, 0.05) is 43.1 Å². The molecule has 8 nitrogen and oxygen atoms in total. The maximum absolute atomic E-state index is 13.0. The van der Waals surface area contributed by atoms with Crippen molar-refractivity contribution >= 4 is 22.7 Å². The van der Waals surface area contributed by atoms with Gasteiger partial charge < -0.3 is 24.5 Å². The Labute approximate surface area is 179 Å². The molecule has 3 aromatic rings. The molecular weight excluding hydrogens is 396 g/mol. The molecular formula is C23H26N4O4. The van der Waals surface area contributed by atoms with Crippen LogP contribution in [0.25, 0.3) is 10.9 Å². The van der Waals surface area contributed by atoms with Crippen LogP contribution in [0.3, 0.4) is 0 Å². The number of rotatable bonds is 5. The van der Waals surface area contributed by atoms with Gasteiger partial charge in [-0.3, -0.25) is 9.59 Å². The number of piperidine rings is 1. The molecule has 3 heterocycles. The Balaban J connectivity index is 1.24. The number of fused-ring (bicyclic) bond motifs is 2. The molecule has 8 heteroatoms. The van der Waals surface area contributed by atoms with Gasteiger partial charge in [0.05, 0.1) is 11.2 Å². The Morgan fingerprint density at radius 1 is 1.16 bits per heavy atom. The third-order valence-electron chi connectivity index (χ3n) is 6.28. The molecule has 0 atom stereocenters. The Morgan fingerprint density at radius 2 is 1.97 bits per heavy atom. The number of nitrogens with zero attached hydrogens (tertiary/aromatic N) is 3. The highest BCUT2D eigenvalue weighted by molar-refractivity contribution is 5.93. The zero-order valence-electron chi connectivity index (χ0n) is 17.4. The predicted octanol–water partition coefficient (Wildman–Crippen LogP) is 2.68. The molecule has 0 radical (unpaired) electrons. The van der Waals surface area contributed by atoms with Crippen LogP contribution < -0.4 is 10.5 Å². The number of primary amides is 1. The molecule has 2 N–H and O–H groups in total. The van der Waals surface area contributed by atoms with Crippen molar-refractivity contribution in [2.75, 3.05) is 13.1 Å². The topological polar surface area (TPSA) is 104 Å². The molecule has 0 saturated carbocycles. The summed E-state index contributed by atoms with van der Waals surface area (Å²) in [6.45, 7) is 1.38. The summed E-state index contributed by atoms with van der Waals surface area (Å²) in [5.41, 5.74) is 8.20. The van der Waals surface area contributed by atoms with Crippen molar-refractivity contribution in [3.05, 3.63) is 47.5 Å². The maximum Gasteiger partial charge on any atom is 0.292 e. The highest BCUT2D eigenvalue weighted by atomic mass is 16.5. The predicted molar refractivity (Wildman–Crippen MR) is 114 cm³/mol. The van der Waals surface area contributed by atoms with Crippen molar-refractivity contribution in [3.63, 3.8) is 0 Å². The first-order chi connectivity index (χ1) is 15.1. The number of aryl methyl sites for hydroxylation is 1.